The van der Waals surface area contributed by atoms with Crippen LogP contribution in [0.25, 0.3) is 0 Å². The van der Waals surface area contributed by atoms with Crippen LogP contribution in [0.2, 0.25) is 5.02 Å². The Kier molecular flexibility index (Phi) is 6.02. The van der Waals surface area contributed by atoms with Crippen molar-refractivity contribution >= 4 is 27.5 Å². The molecule has 0 spiro atoms. The summed E-state index contributed by atoms with van der Waals surface area (Å²) < 4.78 is 1.01. The number of halogens is 2. The summed E-state index contributed by atoms with van der Waals surface area (Å²) in [4.78, 5) is 4.21. The zero-order chi connectivity index (χ0) is 14.4. The molecule has 2 rings (SSSR count). The molecule has 20 heavy (non-hydrogen) atoms. The van der Waals surface area contributed by atoms with Crippen molar-refractivity contribution in [2.75, 3.05) is 6.54 Å². The maximum Gasteiger partial charge on any atom is 0.0449 e. The van der Waals surface area contributed by atoms with E-state index in [1.165, 1.54) is 5.56 Å². The van der Waals surface area contributed by atoms with E-state index in [1.54, 1.807) is 6.20 Å². The van der Waals surface area contributed by atoms with E-state index in [1.807, 2.05) is 24.4 Å². The van der Waals surface area contributed by atoms with Crippen molar-refractivity contribution in [3.05, 3.63) is 63.3 Å². The summed E-state index contributed by atoms with van der Waals surface area (Å²) in [5, 5.41) is 4.36. The SMILES string of the molecule is CCCNC(Cc1ccc(Br)cc1Cl)c1cccnc1. The summed E-state index contributed by atoms with van der Waals surface area (Å²) in [6.07, 6.45) is 5.68. The minimum absolute atomic E-state index is 0.238. The van der Waals surface area contributed by atoms with E-state index < -0.39 is 0 Å². The third kappa shape index (κ3) is 4.30. The number of hydrogen-bond donors (Lipinski definition) is 1. The zero-order valence-electron chi connectivity index (χ0n) is 11.4. The first kappa shape index (κ1) is 15.5. The topological polar surface area (TPSA) is 24.9 Å². The molecule has 106 valence electrons. The number of rotatable bonds is 6. The first-order valence-corrected chi connectivity index (χ1v) is 7.95. The minimum Gasteiger partial charge on any atom is -0.310 e. The van der Waals surface area contributed by atoms with Crippen molar-refractivity contribution in [2.45, 2.75) is 25.8 Å². The predicted octanol–water partition coefficient (Wildman–Crippen LogP) is 4.78. The van der Waals surface area contributed by atoms with Crippen LogP contribution in [0.15, 0.2) is 47.2 Å². The number of nitrogens with one attached hydrogen (secondary N) is 1. The molecule has 0 fully saturated rings. The molecule has 2 nitrogen and oxygen atoms in total. The summed E-state index contributed by atoms with van der Waals surface area (Å²) in [5.74, 6) is 0. The maximum atomic E-state index is 6.32. The lowest BCUT2D eigenvalue weighted by Gasteiger charge is -2.19. The molecule has 0 saturated carbocycles. The molecular weight excluding hydrogens is 336 g/mol. The van der Waals surface area contributed by atoms with Gasteiger partial charge < -0.3 is 5.32 Å². The fourth-order valence-corrected chi connectivity index (χ4v) is 2.87. The Morgan fingerprint density at radius 1 is 1.35 bits per heavy atom. The molecule has 2 aromatic rings. The van der Waals surface area contributed by atoms with Crippen LogP contribution < -0.4 is 5.32 Å². The molecule has 1 heterocycles. The highest BCUT2D eigenvalue weighted by Gasteiger charge is 2.13. The minimum atomic E-state index is 0.238. The molecule has 0 aliphatic rings. The number of benzene rings is 1. The van der Waals surface area contributed by atoms with Gasteiger partial charge in [-0.15, -0.1) is 0 Å². The third-order valence-corrected chi connectivity index (χ3v) is 4.01. The highest BCUT2D eigenvalue weighted by Crippen LogP contribution is 2.26. The van der Waals surface area contributed by atoms with Gasteiger partial charge >= 0.3 is 0 Å². The van der Waals surface area contributed by atoms with Crippen molar-refractivity contribution in [2.24, 2.45) is 0 Å². The van der Waals surface area contributed by atoms with Crippen LogP contribution in [0, 0.1) is 0 Å². The van der Waals surface area contributed by atoms with Crippen LogP contribution in [0.3, 0.4) is 0 Å². The molecule has 1 atom stereocenters. The van der Waals surface area contributed by atoms with Crippen molar-refractivity contribution in [1.29, 1.82) is 0 Å². The lowest BCUT2D eigenvalue weighted by atomic mass is 10.00. The molecule has 0 saturated heterocycles. The van der Waals surface area contributed by atoms with Gasteiger partial charge in [-0.05, 0) is 48.7 Å². The Morgan fingerprint density at radius 3 is 2.85 bits per heavy atom. The second-order valence-electron chi connectivity index (χ2n) is 4.73. The van der Waals surface area contributed by atoms with Gasteiger partial charge in [0.2, 0.25) is 0 Å². The molecule has 0 aliphatic heterocycles. The van der Waals surface area contributed by atoms with E-state index in [0.717, 1.165) is 34.4 Å². The largest absolute Gasteiger partial charge is 0.310 e. The monoisotopic (exact) mass is 352 g/mol. The first-order valence-electron chi connectivity index (χ1n) is 6.78. The third-order valence-electron chi connectivity index (χ3n) is 3.17. The Bertz CT molecular complexity index is 545. The van der Waals surface area contributed by atoms with Crippen molar-refractivity contribution in [1.82, 2.24) is 10.3 Å². The van der Waals surface area contributed by atoms with Gasteiger partial charge in [0, 0.05) is 27.9 Å². The second kappa shape index (κ2) is 7.77. The van der Waals surface area contributed by atoms with Gasteiger partial charge in [0.05, 0.1) is 0 Å². The van der Waals surface area contributed by atoms with Crippen LogP contribution >= 0.6 is 27.5 Å². The molecular formula is C16H18BrClN2. The van der Waals surface area contributed by atoms with Gasteiger partial charge in [-0.3, -0.25) is 4.98 Å². The summed E-state index contributed by atoms with van der Waals surface area (Å²) in [6, 6.07) is 10.4. The molecule has 1 unspecified atom stereocenters. The highest BCUT2D eigenvalue weighted by molar-refractivity contribution is 9.10. The average molecular weight is 354 g/mol. The quantitative estimate of drug-likeness (QED) is 0.808. The van der Waals surface area contributed by atoms with E-state index in [2.05, 4.69) is 45.3 Å². The normalized spacial score (nSPS) is 12.3. The van der Waals surface area contributed by atoms with E-state index in [4.69, 9.17) is 11.6 Å². The molecule has 0 bridgehead atoms. The van der Waals surface area contributed by atoms with Crippen molar-refractivity contribution in [3.63, 3.8) is 0 Å². The molecule has 4 heteroatoms. The number of nitrogens with zero attached hydrogens (tertiary/aromatic N) is 1. The number of pyridine rings is 1. The molecule has 1 aromatic carbocycles. The summed E-state index contributed by atoms with van der Waals surface area (Å²) in [7, 11) is 0. The molecule has 0 aliphatic carbocycles. The van der Waals surface area contributed by atoms with E-state index in [-0.39, 0.29) is 6.04 Å². The van der Waals surface area contributed by atoms with Crippen LogP contribution in [0.5, 0.6) is 0 Å². The Morgan fingerprint density at radius 2 is 2.20 bits per heavy atom. The van der Waals surface area contributed by atoms with Crippen molar-refractivity contribution in [3.8, 4) is 0 Å². The van der Waals surface area contributed by atoms with Gasteiger partial charge in [-0.1, -0.05) is 46.6 Å². The van der Waals surface area contributed by atoms with Gasteiger partial charge in [0.25, 0.3) is 0 Å². The van der Waals surface area contributed by atoms with Gasteiger partial charge in [0.15, 0.2) is 0 Å². The van der Waals surface area contributed by atoms with E-state index >= 15 is 0 Å². The van der Waals surface area contributed by atoms with Crippen molar-refractivity contribution < 1.29 is 0 Å². The molecule has 0 amide bonds. The Hall–Kier alpha value is -0.900. The van der Waals surface area contributed by atoms with Crippen LogP contribution in [0.1, 0.15) is 30.5 Å². The van der Waals surface area contributed by atoms with Crippen LogP contribution in [-0.4, -0.2) is 11.5 Å². The van der Waals surface area contributed by atoms with E-state index in [0.29, 0.717) is 0 Å². The predicted molar refractivity (Wildman–Crippen MR) is 88.1 cm³/mol. The summed E-state index contributed by atoms with van der Waals surface area (Å²) >= 11 is 9.76. The lowest BCUT2D eigenvalue weighted by molar-refractivity contribution is 0.528. The second-order valence-corrected chi connectivity index (χ2v) is 6.06. The number of aromatic nitrogens is 1. The lowest BCUT2D eigenvalue weighted by Crippen LogP contribution is -2.24. The van der Waals surface area contributed by atoms with Crippen LogP contribution in [0.4, 0.5) is 0 Å². The van der Waals surface area contributed by atoms with Gasteiger partial charge in [-0.2, -0.15) is 0 Å². The van der Waals surface area contributed by atoms with Gasteiger partial charge in [-0.25, -0.2) is 0 Å². The first-order chi connectivity index (χ1) is 9.70. The number of hydrogen-bond acceptors (Lipinski definition) is 2. The molecule has 0 radical (unpaired) electrons. The maximum absolute atomic E-state index is 6.32. The zero-order valence-corrected chi connectivity index (χ0v) is 13.8. The molecule has 1 aromatic heterocycles. The average Bonchev–Trinajstić information content (AvgIpc) is 2.46. The molecule has 1 N–H and O–H groups in total. The standard InChI is InChI=1S/C16H18BrClN2/c1-2-7-20-16(13-4-3-8-19-11-13)9-12-5-6-14(17)10-15(12)18/h3-6,8,10-11,16,20H,2,7,9H2,1H3. The van der Waals surface area contributed by atoms with E-state index in [9.17, 15) is 0 Å². The fraction of sp³-hybridized carbons (Fsp3) is 0.312. The van der Waals surface area contributed by atoms with Gasteiger partial charge in [0.1, 0.15) is 0 Å². The van der Waals surface area contributed by atoms with Crippen LogP contribution in [-0.2, 0) is 6.42 Å². The Labute approximate surface area is 133 Å². The summed E-state index contributed by atoms with van der Waals surface area (Å²) in [6.45, 7) is 3.15. The highest BCUT2D eigenvalue weighted by atomic mass is 79.9. The smallest absolute Gasteiger partial charge is 0.0449 e. The summed E-state index contributed by atoms with van der Waals surface area (Å²) in [5.41, 5.74) is 2.34. The fourth-order valence-electron chi connectivity index (χ4n) is 2.12. The Balaban J connectivity index is 2.19.